The van der Waals surface area contributed by atoms with E-state index in [1.807, 2.05) is 5.32 Å². The third kappa shape index (κ3) is 3.44. The fourth-order valence-electron chi connectivity index (χ4n) is 1.25. The van der Waals surface area contributed by atoms with Crippen LogP contribution in [-0.2, 0) is 11.3 Å². The minimum Gasteiger partial charge on any atom is -0.480 e. The van der Waals surface area contributed by atoms with Gasteiger partial charge in [-0.05, 0) is 30.7 Å². The maximum atomic E-state index is 13.0. The summed E-state index contributed by atoms with van der Waals surface area (Å²) in [4.78, 5) is 10.8. The molecule has 0 fully saturated rings. The van der Waals surface area contributed by atoms with E-state index in [0.29, 0.717) is 11.4 Å². The van der Waals surface area contributed by atoms with Crippen LogP contribution in [0, 0.1) is 5.82 Å². The highest BCUT2D eigenvalue weighted by Gasteiger charge is 2.57. The Labute approximate surface area is 114 Å². The molecule has 0 aliphatic heterocycles. The first-order valence-electron chi connectivity index (χ1n) is 5.07. The SMILES string of the molecule is CC(NCc1cc(F)ccc1Br)(C(=O)O)C(F)(F)F. The zero-order chi connectivity index (χ0) is 14.8. The smallest absolute Gasteiger partial charge is 0.417 e. The molecule has 0 aliphatic rings. The van der Waals surface area contributed by atoms with E-state index >= 15 is 0 Å². The number of alkyl halides is 3. The second-order valence-corrected chi connectivity index (χ2v) is 4.87. The average molecular weight is 344 g/mol. The lowest BCUT2D eigenvalue weighted by molar-refractivity contribution is -0.206. The van der Waals surface area contributed by atoms with Gasteiger partial charge in [0.15, 0.2) is 0 Å². The zero-order valence-corrected chi connectivity index (χ0v) is 11.3. The third-order valence-electron chi connectivity index (χ3n) is 2.63. The summed E-state index contributed by atoms with van der Waals surface area (Å²) in [6, 6.07) is 3.49. The minimum atomic E-state index is -4.97. The number of benzene rings is 1. The van der Waals surface area contributed by atoms with Gasteiger partial charge in [0, 0.05) is 11.0 Å². The van der Waals surface area contributed by atoms with Crippen molar-refractivity contribution in [2.75, 3.05) is 0 Å². The lowest BCUT2D eigenvalue weighted by atomic mass is 10.0. The van der Waals surface area contributed by atoms with Gasteiger partial charge < -0.3 is 5.11 Å². The predicted molar refractivity (Wildman–Crippen MR) is 63.0 cm³/mol. The van der Waals surface area contributed by atoms with E-state index in [2.05, 4.69) is 15.9 Å². The minimum absolute atomic E-state index is 0.191. The lowest BCUT2D eigenvalue weighted by Crippen LogP contribution is -2.59. The molecule has 0 aromatic heterocycles. The monoisotopic (exact) mass is 343 g/mol. The van der Waals surface area contributed by atoms with Crippen molar-refractivity contribution < 1.29 is 27.5 Å². The summed E-state index contributed by atoms with van der Waals surface area (Å²) in [6.07, 6.45) is -4.97. The summed E-state index contributed by atoms with van der Waals surface area (Å²) in [5.41, 5.74) is -2.91. The number of carboxylic acid groups (broad SMARTS) is 1. The maximum Gasteiger partial charge on any atom is 0.417 e. The molecule has 0 aliphatic carbocycles. The fourth-order valence-corrected chi connectivity index (χ4v) is 1.63. The van der Waals surface area contributed by atoms with Crippen LogP contribution in [0.5, 0.6) is 0 Å². The molecular weight excluding hydrogens is 334 g/mol. The summed E-state index contributed by atoms with van der Waals surface area (Å²) in [6.45, 7) is 0.0726. The number of hydrogen-bond donors (Lipinski definition) is 2. The Hall–Kier alpha value is -1.15. The second kappa shape index (κ2) is 5.46. The first-order valence-corrected chi connectivity index (χ1v) is 5.86. The summed E-state index contributed by atoms with van der Waals surface area (Å²) >= 11 is 3.05. The molecule has 1 aromatic carbocycles. The van der Waals surface area contributed by atoms with Gasteiger partial charge in [-0.1, -0.05) is 15.9 Å². The quantitative estimate of drug-likeness (QED) is 0.826. The van der Waals surface area contributed by atoms with Crippen LogP contribution >= 0.6 is 15.9 Å². The van der Waals surface area contributed by atoms with Crippen molar-refractivity contribution in [3.05, 3.63) is 34.1 Å². The highest BCUT2D eigenvalue weighted by Crippen LogP contribution is 2.31. The number of carbonyl (C=O) groups is 1. The molecule has 0 radical (unpaired) electrons. The Kier molecular flexibility index (Phi) is 4.57. The molecular formula is C11H10BrF4NO2. The van der Waals surface area contributed by atoms with Gasteiger partial charge in [-0.15, -0.1) is 0 Å². The molecule has 0 amide bonds. The first kappa shape index (κ1) is 15.9. The largest absolute Gasteiger partial charge is 0.480 e. The number of aliphatic carboxylic acids is 1. The van der Waals surface area contributed by atoms with Gasteiger partial charge in [0.25, 0.3) is 0 Å². The van der Waals surface area contributed by atoms with Gasteiger partial charge in [-0.25, -0.2) is 9.18 Å². The van der Waals surface area contributed by atoms with Crippen LogP contribution < -0.4 is 5.32 Å². The standard InChI is InChI=1S/C11H10BrF4NO2/c1-10(9(18)19,11(14,15)16)17-5-6-4-7(13)2-3-8(6)12/h2-4,17H,5H2,1H3,(H,18,19). The van der Waals surface area contributed by atoms with E-state index in [0.717, 1.165) is 12.1 Å². The first-order chi connectivity index (χ1) is 8.58. The number of nitrogens with one attached hydrogen (secondary N) is 1. The second-order valence-electron chi connectivity index (χ2n) is 4.02. The summed E-state index contributed by atoms with van der Waals surface area (Å²) in [7, 11) is 0. The topological polar surface area (TPSA) is 49.3 Å². The van der Waals surface area contributed by atoms with Gasteiger partial charge in [0.1, 0.15) is 5.82 Å². The third-order valence-corrected chi connectivity index (χ3v) is 3.41. The Balaban J connectivity index is 2.95. The molecule has 2 N–H and O–H groups in total. The molecule has 106 valence electrons. The Bertz CT molecular complexity index is 492. The Morgan fingerprint density at radius 1 is 1.42 bits per heavy atom. The highest BCUT2D eigenvalue weighted by atomic mass is 79.9. The van der Waals surface area contributed by atoms with Gasteiger partial charge in [0.2, 0.25) is 5.54 Å². The van der Waals surface area contributed by atoms with Gasteiger partial charge in [-0.3, -0.25) is 5.32 Å². The van der Waals surface area contributed by atoms with E-state index in [4.69, 9.17) is 5.11 Å². The lowest BCUT2D eigenvalue weighted by Gasteiger charge is -2.28. The number of hydrogen-bond acceptors (Lipinski definition) is 2. The van der Waals surface area contributed by atoms with E-state index < -0.39 is 30.0 Å². The molecule has 0 spiro atoms. The van der Waals surface area contributed by atoms with Crippen LogP contribution in [0.4, 0.5) is 17.6 Å². The summed E-state index contributed by atoms with van der Waals surface area (Å²) in [5.74, 6) is -2.67. The molecule has 0 saturated heterocycles. The molecule has 3 nitrogen and oxygen atoms in total. The number of halogens is 5. The molecule has 0 saturated carbocycles. The Morgan fingerprint density at radius 3 is 2.47 bits per heavy atom. The predicted octanol–water partition coefficient (Wildman–Crippen LogP) is 3.08. The number of rotatable bonds is 4. The van der Waals surface area contributed by atoms with E-state index in [1.54, 1.807) is 0 Å². The summed E-state index contributed by atoms with van der Waals surface area (Å²) < 4.78 is 51.5. The molecule has 1 aromatic rings. The van der Waals surface area contributed by atoms with Crippen LogP contribution in [0.15, 0.2) is 22.7 Å². The fraction of sp³-hybridized carbons (Fsp3) is 0.364. The average Bonchev–Trinajstić information content (AvgIpc) is 2.28. The van der Waals surface area contributed by atoms with E-state index in [-0.39, 0.29) is 5.56 Å². The normalized spacial score (nSPS) is 15.1. The molecule has 1 atom stereocenters. The molecule has 1 unspecified atom stereocenters. The van der Waals surface area contributed by atoms with Crippen molar-refractivity contribution in [1.82, 2.24) is 5.32 Å². The summed E-state index contributed by atoms with van der Waals surface area (Å²) in [5, 5.41) is 10.6. The zero-order valence-electron chi connectivity index (χ0n) is 9.68. The van der Waals surface area contributed by atoms with E-state index in [9.17, 15) is 22.4 Å². The molecule has 0 heterocycles. The van der Waals surface area contributed by atoms with Crippen LogP contribution in [0.3, 0.4) is 0 Å². The molecule has 1 rings (SSSR count). The van der Waals surface area contributed by atoms with Crippen LogP contribution in [0.2, 0.25) is 0 Å². The van der Waals surface area contributed by atoms with Crippen molar-refractivity contribution in [1.29, 1.82) is 0 Å². The Morgan fingerprint density at radius 2 is 2.00 bits per heavy atom. The molecule has 8 heteroatoms. The van der Waals surface area contributed by atoms with Crippen LogP contribution in [-0.4, -0.2) is 22.8 Å². The van der Waals surface area contributed by atoms with Crippen molar-refractivity contribution in [3.63, 3.8) is 0 Å². The van der Waals surface area contributed by atoms with Crippen molar-refractivity contribution in [2.45, 2.75) is 25.2 Å². The van der Waals surface area contributed by atoms with Gasteiger partial charge in [0.05, 0.1) is 0 Å². The van der Waals surface area contributed by atoms with Gasteiger partial charge in [-0.2, -0.15) is 13.2 Å². The van der Waals surface area contributed by atoms with Crippen molar-refractivity contribution in [2.24, 2.45) is 0 Å². The number of carboxylic acids is 1. The van der Waals surface area contributed by atoms with E-state index in [1.165, 1.54) is 6.07 Å². The highest BCUT2D eigenvalue weighted by molar-refractivity contribution is 9.10. The van der Waals surface area contributed by atoms with Crippen LogP contribution in [0.25, 0.3) is 0 Å². The maximum absolute atomic E-state index is 13.0. The van der Waals surface area contributed by atoms with Crippen molar-refractivity contribution >= 4 is 21.9 Å². The van der Waals surface area contributed by atoms with Gasteiger partial charge >= 0.3 is 12.1 Å². The van der Waals surface area contributed by atoms with Crippen LogP contribution in [0.1, 0.15) is 12.5 Å². The molecule has 19 heavy (non-hydrogen) atoms. The molecule has 0 bridgehead atoms. The van der Waals surface area contributed by atoms with Crippen molar-refractivity contribution in [3.8, 4) is 0 Å².